The number of nitrogens with zero attached hydrogens (tertiary/aromatic N) is 4. The zero-order valence-corrected chi connectivity index (χ0v) is 19.3. The van der Waals surface area contributed by atoms with Gasteiger partial charge >= 0.3 is 0 Å². The zero-order valence-electron chi connectivity index (χ0n) is 19.3. The molecule has 5 rings (SSSR count). The first-order chi connectivity index (χ1) is 17.2. The number of carbonyl (C=O) groups excluding carboxylic acids is 1. The summed E-state index contributed by atoms with van der Waals surface area (Å²) in [6.45, 7) is 1.19. The van der Waals surface area contributed by atoms with Crippen LogP contribution in [0.1, 0.15) is 21.5 Å². The van der Waals surface area contributed by atoms with E-state index in [1.165, 1.54) is 0 Å². The molecule has 7 heteroatoms. The molecule has 0 atom stereocenters. The minimum absolute atomic E-state index is 0.224. The summed E-state index contributed by atoms with van der Waals surface area (Å²) in [7, 11) is 1.62. The fourth-order valence-electron chi connectivity index (χ4n) is 3.95. The minimum atomic E-state index is -0.224. The van der Waals surface area contributed by atoms with Crippen LogP contribution in [-0.4, -0.2) is 32.6 Å². The van der Waals surface area contributed by atoms with Gasteiger partial charge in [-0.1, -0.05) is 54.6 Å². The highest BCUT2D eigenvalue weighted by atomic mass is 16.5. The molecule has 0 radical (unpaired) electrons. The molecule has 7 nitrogen and oxygen atoms in total. The Balaban J connectivity index is 1.44. The van der Waals surface area contributed by atoms with Crippen LogP contribution in [-0.2, 0) is 13.1 Å². The maximum atomic E-state index is 13.4. The summed E-state index contributed by atoms with van der Waals surface area (Å²) in [5.41, 5.74) is 4.77. The Morgan fingerprint density at radius 3 is 2.49 bits per heavy atom. The first-order valence-electron chi connectivity index (χ1n) is 11.3. The molecule has 0 saturated carbocycles. The minimum Gasteiger partial charge on any atom is -0.497 e. The van der Waals surface area contributed by atoms with E-state index in [4.69, 9.17) is 9.84 Å². The van der Waals surface area contributed by atoms with E-state index in [-0.39, 0.29) is 5.91 Å². The summed E-state index contributed by atoms with van der Waals surface area (Å²) in [5.74, 6) is 0.483. The summed E-state index contributed by atoms with van der Waals surface area (Å²) in [4.78, 5) is 13.4. The van der Waals surface area contributed by atoms with E-state index < -0.39 is 0 Å². The molecule has 0 spiro atoms. The van der Waals surface area contributed by atoms with E-state index >= 15 is 0 Å². The maximum Gasteiger partial charge on any atom is 0.259 e. The van der Waals surface area contributed by atoms with Crippen molar-refractivity contribution < 1.29 is 9.53 Å². The Bertz CT molecular complexity index is 1430. The van der Waals surface area contributed by atoms with E-state index in [0.717, 1.165) is 16.7 Å². The summed E-state index contributed by atoms with van der Waals surface area (Å²) in [5, 5.41) is 12.1. The van der Waals surface area contributed by atoms with Gasteiger partial charge in [0.1, 0.15) is 11.4 Å². The number of anilines is 1. The highest BCUT2D eigenvalue weighted by Crippen LogP contribution is 2.27. The lowest BCUT2D eigenvalue weighted by atomic mass is 10.1. The van der Waals surface area contributed by atoms with Crippen molar-refractivity contribution in [2.75, 3.05) is 12.4 Å². The molecule has 0 bridgehead atoms. The number of hydrogen-bond donors (Lipinski definition) is 1. The number of aromatic nitrogens is 4. The fourth-order valence-corrected chi connectivity index (χ4v) is 3.95. The second-order valence-electron chi connectivity index (χ2n) is 8.16. The first kappa shape index (κ1) is 22.2. The van der Waals surface area contributed by atoms with Crippen molar-refractivity contribution in [3.8, 4) is 17.0 Å². The highest BCUT2D eigenvalue weighted by molar-refractivity contribution is 6.08. The lowest BCUT2D eigenvalue weighted by Crippen LogP contribution is -2.13. The maximum absolute atomic E-state index is 13.4. The zero-order chi connectivity index (χ0) is 24.0. The van der Waals surface area contributed by atoms with Gasteiger partial charge in [-0.15, -0.1) is 0 Å². The van der Waals surface area contributed by atoms with Crippen molar-refractivity contribution in [2.24, 2.45) is 0 Å². The van der Waals surface area contributed by atoms with Gasteiger partial charge in [0.2, 0.25) is 0 Å². The van der Waals surface area contributed by atoms with Crippen LogP contribution in [0.15, 0.2) is 104 Å². The number of ether oxygens (including phenoxy) is 1. The SMILES string of the molecule is COc1cccc(-c2nn(Cc3ccccc3)cc2C(=O)Nc2cccc(Cn3cccn3)c2)c1. The van der Waals surface area contributed by atoms with Crippen LogP contribution in [0.4, 0.5) is 5.69 Å². The molecule has 2 aromatic heterocycles. The number of amides is 1. The third-order valence-electron chi connectivity index (χ3n) is 5.63. The number of carbonyl (C=O) groups is 1. The van der Waals surface area contributed by atoms with E-state index in [0.29, 0.717) is 35.8 Å². The van der Waals surface area contributed by atoms with Crippen molar-refractivity contribution in [2.45, 2.75) is 13.1 Å². The Morgan fingerprint density at radius 2 is 1.69 bits per heavy atom. The van der Waals surface area contributed by atoms with Crippen LogP contribution in [0.3, 0.4) is 0 Å². The Kier molecular flexibility index (Phi) is 6.39. The molecule has 0 aliphatic carbocycles. The number of rotatable bonds is 8. The molecule has 2 heterocycles. The van der Waals surface area contributed by atoms with E-state index in [9.17, 15) is 4.79 Å². The van der Waals surface area contributed by atoms with Crippen molar-refractivity contribution in [1.82, 2.24) is 19.6 Å². The van der Waals surface area contributed by atoms with Crippen molar-refractivity contribution in [1.29, 1.82) is 0 Å². The van der Waals surface area contributed by atoms with Gasteiger partial charge in [-0.2, -0.15) is 10.2 Å². The third-order valence-corrected chi connectivity index (χ3v) is 5.63. The molecule has 174 valence electrons. The number of benzene rings is 3. The van der Waals surface area contributed by atoms with Crippen molar-refractivity contribution in [3.05, 3.63) is 120 Å². The second-order valence-corrected chi connectivity index (χ2v) is 8.16. The van der Waals surface area contributed by atoms with Crippen LogP contribution in [0.5, 0.6) is 5.75 Å². The van der Waals surface area contributed by atoms with Gasteiger partial charge in [-0.3, -0.25) is 14.2 Å². The highest BCUT2D eigenvalue weighted by Gasteiger charge is 2.19. The van der Waals surface area contributed by atoms with E-state index in [2.05, 4.69) is 10.4 Å². The first-order valence-corrected chi connectivity index (χ1v) is 11.3. The van der Waals surface area contributed by atoms with E-state index in [1.807, 2.05) is 95.8 Å². The van der Waals surface area contributed by atoms with Gasteiger partial charge < -0.3 is 10.1 Å². The van der Waals surface area contributed by atoms with Gasteiger partial charge in [0.15, 0.2) is 0 Å². The molecule has 0 saturated heterocycles. The smallest absolute Gasteiger partial charge is 0.259 e. The lowest BCUT2D eigenvalue weighted by Gasteiger charge is -2.08. The van der Waals surface area contributed by atoms with Gasteiger partial charge in [0, 0.05) is 29.8 Å². The summed E-state index contributed by atoms with van der Waals surface area (Å²) in [6.07, 6.45) is 5.45. The molecule has 3 aromatic carbocycles. The number of hydrogen-bond acceptors (Lipinski definition) is 4. The van der Waals surface area contributed by atoms with Gasteiger partial charge in [-0.25, -0.2) is 0 Å². The topological polar surface area (TPSA) is 74.0 Å². The largest absolute Gasteiger partial charge is 0.497 e. The molecular weight excluding hydrogens is 438 g/mol. The van der Waals surface area contributed by atoms with Crippen molar-refractivity contribution >= 4 is 11.6 Å². The molecule has 35 heavy (non-hydrogen) atoms. The summed E-state index contributed by atoms with van der Waals surface area (Å²) in [6, 6.07) is 27.3. The average molecular weight is 464 g/mol. The average Bonchev–Trinajstić information content (AvgIpc) is 3.55. The molecule has 1 N–H and O–H groups in total. The lowest BCUT2D eigenvalue weighted by molar-refractivity contribution is 0.102. The molecule has 0 unspecified atom stereocenters. The Labute approximate surface area is 203 Å². The molecule has 1 amide bonds. The van der Waals surface area contributed by atoms with Gasteiger partial charge in [0.05, 0.1) is 25.8 Å². The number of nitrogens with one attached hydrogen (secondary N) is 1. The Hall–Kier alpha value is -4.65. The molecular formula is C28H25N5O2. The third kappa shape index (κ3) is 5.30. The predicted molar refractivity (Wildman–Crippen MR) is 135 cm³/mol. The monoisotopic (exact) mass is 463 g/mol. The van der Waals surface area contributed by atoms with Crippen LogP contribution >= 0.6 is 0 Å². The van der Waals surface area contributed by atoms with E-state index in [1.54, 1.807) is 24.2 Å². The van der Waals surface area contributed by atoms with Crippen LogP contribution < -0.4 is 10.1 Å². The van der Waals surface area contributed by atoms with Crippen molar-refractivity contribution in [3.63, 3.8) is 0 Å². The predicted octanol–water partition coefficient (Wildman–Crippen LogP) is 5.10. The number of methoxy groups -OCH3 is 1. The Morgan fingerprint density at radius 1 is 0.886 bits per heavy atom. The van der Waals surface area contributed by atoms with Crippen LogP contribution in [0.25, 0.3) is 11.3 Å². The quantitative estimate of drug-likeness (QED) is 0.347. The van der Waals surface area contributed by atoms with Crippen LogP contribution in [0, 0.1) is 0 Å². The molecule has 0 aliphatic heterocycles. The summed E-state index contributed by atoms with van der Waals surface area (Å²) >= 11 is 0. The van der Waals surface area contributed by atoms with Gasteiger partial charge in [0.25, 0.3) is 5.91 Å². The van der Waals surface area contributed by atoms with Crippen LogP contribution in [0.2, 0.25) is 0 Å². The fraction of sp³-hybridized carbons (Fsp3) is 0.107. The molecule has 5 aromatic rings. The second kappa shape index (κ2) is 10.1. The molecule has 0 fully saturated rings. The van der Waals surface area contributed by atoms with Gasteiger partial charge in [-0.05, 0) is 41.5 Å². The normalized spacial score (nSPS) is 10.8. The summed E-state index contributed by atoms with van der Waals surface area (Å²) < 4.78 is 9.03. The standard InChI is InChI=1S/C28H25N5O2/c1-35-25-13-6-11-23(17-25)27-26(20-33(31-27)18-21-8-3-2-4-9-21)28(34)30-24-12-5-10-22(16-24)19-32-15-7-14-29-32/h2-17,20H,18-19H2,1H3,(H,30,34). The molecule has 0 aliphatic rings.